The van der Waals surface area contributed by atoms with Gasteiger partial charge in [-0.25, -0.2) is 0 Å². The first-order valence-corrected chi connectivity index (χ1v) is 26.6. The zero-order valence-corrected chi connectivity index (χ0v) is 40.2. The lowest BCUT2D eigenvalue weighted by atomic mass is 10.0. The maximum Gasteiger partial charge on any atom is 0.305 e. The number of nitrogens with one attached hydrogen (secondary N) is 1. The lowest BCUT2D eigenvalue weighted by Crippen LogP contribution is -2.45. The van der Waals surface area contributed by atoms with E-state index in [0.29, 0.717) is 25.9 Å². The molecule has 3 N–H and O–H groups in total. The zero-order valence-electron chi connectivity index (χ0n) is 40.2. The molecule has 0 saturated carbocycles. The predicted molar refractivity (Wildman–Crippen MR) is 260 cm³/mol. The van der Waals surface area contributed by atoms with E-state index in [4.69, 9.17) is 4.74 Å². The summed E-state index contributed by atoms with van der Waals surface area (Å²) in [4.78, 5) is 24.4. The monoisotopic (exact) mass is 846 g/mol. The minimum Gasteiger partial charge on any atom is -0.466 e. The van der Waals surface area contributed by atoms with Crippen molar-refractivity contribution in [2.75, 3.05) is 13.2 Å². The SMILES string of the molecule is CCCCCC/C=C\CCCCCCCC(=O)OCCCCCCCCCCC/C=C\CCCCCCCCCC(=O)NC(CO)C(O)CCCCCCCCCCCC. The third-order valence-electron chi connectivity index (χ3n) is 12.2. The van der Waals surface area contributed by atoms with Crippen LogP contribution in [0.25, 0.3) is 0 Å². The van der Waals surface area contributed by atoms with E-state index in [1.807, 2.05) is 0 Å². The largest absolute Gasteiger partial charge is 0.466 e. The Kier molecular flexibility index (Phi) is 48.6. The van der Waals surface area contributed by atoms with Gasteiger partial charge >= 0.3 is 5.97 Å². The van der Waals surface area contributed by atoms with Gasteiger partial charge in [0.2, 0.25) is 5.91 Å². The van der Waals surface area contributed by atoms with Crippen LogP contribution in [0.4, 0.5) is 0 Å². The molecule has 0 radical (unpaired) electrons. The van der Waals surface area contributed by atoms with Crippen LogP contribution in [0.3, 0.4) is 0 Å². The molecule has 0 heterocycles. The molecule has 6 heteroatoms. The number of carbonyl (C=O) groups is 2. The van der Waals surface area contributed by atoms with Gasteiger partial charge in [-0.05, 0) is 77.0 Å². The minimum atomic E-state index is -0.667. The lowest BCUT2D eigenvalue weighted by molar-refractivity contribution is -0.143. The van der Waals surface area contributed by atoms with E-state index in [2.05, 4.69) is 43.5 Å². The maximum atomic E-state index is 12.4. The molecule has 0 aliphatic carbocycles. The summed E-state index contributed by atoms with van der Waals surface area (Å²) in [5, 5.41) is 23.1. The number of hydrogen-bond acceptors (Lipinski definition) is 5. The zero-order chi connectivity index (χ0) is 43.7. The molecule has 0 rings (SSSR count). The first kappa shape index (κ1) is 58.3. The van der Waals surface area contributed by atoms with Gasteiger partial charge in [0.15, 0.2) is 0 Å². The van der Waals surface area contributed by atoms with Gasteiger partial charge in [-0.15, -0.1) is 0 Å². The quantitative estimate of drug-likeness (QED) is 0.0322. The average molecular weight is 846 g/mol. The van der Waals surface area contributed by atoms with Crippen LogP contribution in [0.2, 0.25) is 0 Å². The van der Waals surface area contributed by atoms with Crippen LogP contribution >= 0.6 is 0 Å². The van der Waals surface area contributed by atoms with Crippen molar-refractivity contribution < 1.29 is 24.5 Å². The van der Waals surface area contributed by atoms with Gasteiger partial charge in [0, 0.05) is 12.8 Å². The van der Waals surface area contributed by atoms with Crippen LogP contribution in [0, 0.1) is 0 Å². The molecule has 0 saturated heterocycles. The Morgan fingerprint density at radius 2 is 0.783 bits per heavy atom. The lowest BCUT2D eigenvalue weighted by Gasteiger charge is -2.22. The third kappa shape index (κ3) is 45.9. The first-order chi connectivity index (χ1) is 29.5. The highest BCUT2D eigenvalue weighted by Crippen LogP contribution is 2.16. The molecule has 0 spiro atoms. The van der Waals surface area contributed by atoms with Crippen molar-refractivity contribution >= 4 is 11.9 Å². The fourth-order valence-corrected chi connectivity index (χ4v) is 8.10. The summed E-state index contributed by atoms with van der Waals surface area (Å²) < 4.78 is 5.46. The predicted octanol–water partition coefficient (Wildman–Crippen LogP) is 15.9. The van der Waals surface area contributed by atoms with Gasteiger partial charge in [0.25, 0.3) is 0 Å². The maximum absolute atomic E-state index is 12.4. The third-order valence-corrected chi connectivity index (χ3v) is 12.2. The van der Waals surface area contributed by atoms with Gasteiger partial charge in [-0.1, -0.05) is 218 Å². The normalized spacial score (nSPS) is 12.8. The summed E-state index contributed by atoms with van der Waals surface area (Å²) in [6, 6.07) is -0.546. The average Bonchev–Trinajstić information content (AvgIpc) is 3.25. The van der Waals surface area contributed by atoms with Crippen molar-refractivity contribution in [2.24, 2.45) is 0 Å². The van der Waals surface area contributed by atoms with Crippen LogP contribution in [0.1, 0.15) is 284 Å². The number of unbranched alkanes of at least 4 members (excludes halogenated alkanes) is 34. The van der Waals surface area contributed by atoms with Gasteiger partial charge in [-0.2, -0.15) is 0 Å². The molecule has 6 nitrogen and oxygen atoms in total. The summed E-state index contributed by atoms with van der Waals surface area (Å²) in [6.45, 7) is 4.91. The second kappa shape index (κ2) is 50.0. The summed E-state index contributed by atoms with van der Waals surface area (Å²) >= 11 is 0. The highest BCUT2D eigenvalue weighted by molar-refractivity contribution is 5.76. The van der Waals surface area contributed by atoms with Crippen LogP contribution in [0.5, 0.6) is 0 Å². The number of carbonyl (C=O) groups excluding carboxylic acids is 2. The number of esters is 1. The molecular formula is C54H103NO5. The number of aliphatic hydroxyl groups excluding tert-OH is 2. The molecule has 0 aromatic carbocycles. The van der Waals surface area contributed by atoms with E-state index in [-0.39, 0.29) is 18.5 Å². The van der Waals surface area contributed by atoms with Crippen molar-refractivity contribution in [3.8, 4) is 0 Å². The second-order valence-corrected chi connectivity index (χ2v) is 18.2. The molecule has 0 aromatic heterocycles. The molecule has 0 aliphatic heterocycles. The van der Waals surface area contributed by atoms with Crippen molar-refractivity contribution in [3.05, 3.63) is 24.3 Å². The van der Waals surface area contributed by atoms with Crippen molar-refractivity contribution in [3.63, 3.8) is 0 Å². The summed E-state index contributed by atoms with van der Waals surface area (Å²) in [5.74, 6) is -0.0490. The van der Waals surface area contributed by atoms with E-state index in [1.54, 1.807) is 0 Å². The molecule has 2 atom stereocenters. The van der Waals surface area contributed by atoms with E-state index in [9.17, 15) is 19.8 Å². The van der Waals surface area contributed by atoms with Crippen LogP contribution < -0.4 is 5.32 Å². The Labute approximate surface area is 373 Å². The molecule has 0 aliphatic rings. The van der Waals surface area contributed by atoms with E-state index in [1.165, 1.54) is 205 Å². The van der Waals surface area contributed by atoms with Crippen molar-refractivity contribution in [1.82, 2.24) is 5.32 Å². The number of allylic oxidation sites excluding steroid dienone is 4. The summed E-state index contributed by atoms with van der Waals surface area (Å²) in [7, 11) is 0. The Morgan fingerprint density at radius 1 is 0.450 bits per heavy atom. The number of aliphatic hydroxyl groups is 2. The molecule has 60 heavy (non-hydrogen) atoms. The Hall–Kier alpha value is -1.66. The van der Waals surface area contributed by atoms with E-state index in [0.717, 1.165) is 44.9 Å². The first-order valence-electron chi connectivity index (χ1n) is 26.6. The molecule has 0 bridgehead atoms. The Morgan fingerprint density at radius 3 is 1.20 bits per heavy atom. The molecule has 0 aromatic rings. The smallest absolute Gasteiger partial charge is 0.305 e. The number of amides is 1. The summed E-state index contributed by atoms with van der Waals surface area (Å²) in [6.07, 6.45) is 58.7. The van der Waals surface area contributed by atoms with Crippen molar-refractivity contribution in [2.45, 2.75) is 296 Å². The standard InChI is InChI=1S/C54H103NO5/c1-3-5-7-9-11-13-15-24-28-32-36-40-44-48-54(59)60-49-45-41-37-33-29-26-23-21-19-17-16-18-20-22-25-27-31-35-39-43-47-53(58)55-51(50-56)52(57)46-42-38-34-30-14-12-10-8-6-4-2/h13,15-16,18,51-52,56-57H,3-12,14,17,19-50H2,1-2H3,(H,55,58)/b15-13-,18-16-. The highest BCUT2D eigenvalue weighted by atomic mass is 16.5. The number of rotatable bonds is 49. The van der Waals surface area contributed by atoms with Gasteiger partial charge < -0.3 is 20.3 Å². The topological polar surface area (TPSA) is 95.9 Å². The molecule has 354 valence electrons. The van der Waals surface area contributed by atoms with E-state index >= 15 is 0 Å². The number of hydrogen-bond donors (Lipinski definition) is 3. The molecule has 0 fully saturated rings. The van der Waals surface area contributed by atoms with Crippen LogP contribution in [-0.2, 0) is 14.3 Å². The van der Waals surface area contributed by atoms with E-state index < -0.39 is 12.1 Å². The minimum absolute atomic E-state index is 0.00340. The fourth-order valence-electron chi connectivity index (χ4n) is 8.10. The van der Waals surface area contributed by atoms with Gasteiger partial charge in [0.1, 0.15) is 0 Å². The van der Waals surface area contributed by atoms with Crippen molar-refractivity contribution in [1.29, 1.82) is 0 Å². The van der Waals surface area contributed by atoms with Gasteiger partial charge in [0.05, 0.1) is 25.4 Å². The van der Waals surface area contributed by atoms with Crippen LogP contribution in [-0.4, -0.2) is 47.4 Å². The summed E-state index contributed by atoms with van der Waals surface area (Å²) in [5.41, 5.74) is 0. The van der Waals surface area contributed by atoms with Crippen LogP contribution in [0.15, 0.2) is 24.3 Å². The Bertz CT molecular complexity index is 935. The highest BCUT2D eigenvalue weighted by Gasteiger charge is 2.20. The fraction of sp³-hybridized carbons (Fsp3) is 0.889. The molecular weight excluding hydrogens is 743 g/mol. The van der Waals surface area contributed by atoms with Gasteiger partial charge in [-0.3, -0.25) is 9.59 Å². The molecule has 1 amide bonds. The molecule has 2 unspecified atom stereocenters. The second-order valence-electron chi connectivity index (χ2n) is 18.2. The Balaban J connectivity index is 3.42. The number of ether oxygens (including phenoxy) is 1.